The van der Waals surface area contributed by atoms with Crippen LogP contribution in [0, 0.1) is 0 Å². The van der Waals surface area contributed by atoms with Crippen LogP contribution in [0.25, 0.3) is 0 Å². The first-order valence-electron chi connectivity index (χ1n) is 8.99. The lowest BCUT2D eigenvalue weighted by molar-refractivity contribution is -0.192. The molecule has 1 aliphatic heterocycles. The molecule has 1 unspecified atom stereocenters. The minimum absolute atomic E-state index is 0.0262. The Kier molecular flexibility index (Phi) is 8.00. The fourth-order valence-electron chi connectivity index (χ4n) is 2.59. The van der Waals surface area contributed by atoms with E-state index in [0.29, 0.717) is 19.7 Å². The van der Waals surface area contributed by atoms with Gasteiger partial charge in [0.25, 0.3) is 0 Å². The molecule has 12 heteroatoms. The lowest BCUT2D eigenvalue weighted by Crippen LogP contribution is -2.28. The number of hydrogen-bond donors (Lipinski definition) is 2. The molecule has 0 radical (unpaired) electrons. The number of rotatable bonds is 6. The fourth-order valence-corrected chi connectivity index (χ4v) is 2.59. The third-order valence-electron chi connectivity index (χ3n) is 4.11. The molecule has 30 heavy (non-hydrogen) atoms. The summed E-state index contributed by atoms with van der Waals surface area (Å²) in [7, 11) is 3.49. The van der Waals surface area contributed by atoms with Crippen molar-refractivity contribution in [3.63, 3.8) is 0 Å². The SMILES string of the molecule is CN(C)C(=O)Cn1cc2c(n1)C(CNCc1ccco1)OCC2.O=C(O)C(F)(F)F. The average molecular weight is 432 g/mol. The van der Waals surface area contributed by atoms with Crippen LogP contribution in [-0.2, 0) is 33.8 Å². The van der Waals surface area contributed by atoms with Gasteiger partial charge in [-0.2, -0.15) is 18.3 Å². The maximum Gasteiger partial charge on any atom is 0.490 e. The second-order valence-electron chi connectivity index (χ2n) is 6.65. The van der Waals surface area contributed by atoms with E-state index in [-0.39, 0.29) is 18.6 Å². The van der Waals surface area contributed by atoms with Gasteiger partial charge in [-0.05, 0) is 24.1 Å². The number of aromatic nitrogens is 2. The molecule has 3 rings (SSSR count). The van der Waals surface area contributed by atoms with Crippen LogP contribution in [0.15, 0.2) is 29.0 Å². The molecule has 166 valence electrons. The van der Waals surface area contributed by atoms with Crippen LogP contribution >= 0.6 is 0 Å². The molecule has 0 fully saturated rings. The van der Waals surface area contributed by atoms with E-state index in [4.69, 9.17) is 19.1 Å². The van der Waals surface area contributed by atoms with Crippen LogP contribution in [0.2, 0.25) is 0 Å². The second-order valence-corrected chi connectivity index (χ2v) is 6.65. The highest BCUT2D eigenvalue weighted by Crippen LogP contribution is 2.25. The molecular weight excluding hydrogens is 409 g/mol. The highest BCUT2D eigenvalue weighted by atomic mass is 19.4. The largest absolute Gasteiger partial charge is 0.490 e. The first-order chi connectivity index (χ1) is 14.1. The van der Waals surface area contributed by atoms with Crippen LogP contribution in [0.3, 0.4) is 0 Å². The number of hydrogen-bond acceptors (Lipinski definition) is 6. The predicted molar refractivity (Wildman–Crippen MR) is 97.4 cm³/mol. The van der Waals surface area contributed by atoms with Crippen molar-refractivity contribution in [3.8, 4) is 0 Å². The molecule has 0 saturated heterocycles. The third kappa shape index (κ3) is 6.88. The van der Waals surface area contributed by atoms with E-state index >= 15 is 0 Å². The monoisotopic (exact) mass is 432 g/mol. The van der Waals surface area contributed by atoms with Crippen LogP contribution in [0.1, 0.15) is 23.1 Å². The summed E-state index contributed by atoms with van der Waals surface area (Å²) in [5, 5.41) is 15.0. The third-order valence-corrected chi connectivity index (χ3v) is 4.11. The molecule has 0 spiro atoms. The van der Waals surface area contributed by atoms with Crippen molar-refractivity contribution in [2.75, 3.05) is 27.2 Å². The Morgan fingerprint density at radius 2 is 2.10 bits per heavy atom. The summed E-state index contributed by atoms with van der Waals surface area (Å²) in [4.78, 5) is 22.3. The predicted octanol–water partition coefficient (Wildman–Crippen LogP) is 1.60. The van der Waals surface area contributed by atoms with Gasteiger partial charge in [0, 0.05) is 26.8 Å². The standard InChI is InChI=1S/C16H22N4O3.C2HF3O2/c1-19(2)15(21)11-20-10-12-5-7-23-14(16(12)18-20)9-17-8-13-4-3-6-22-13;3-2(4,5)1(6)7/h3-4,6,10,14,17H,5,7-9,11H2,1-2H3;(H,6,7). The summed E-state index contributed by atoms with van der Waals surface area (Å²) in [6.45, 7) is 2.24. The van der Waals surface area contributed by atoms with Gasteiger partial charge in [0.15, 0.2) is 0 Å². The maximum atomic E-state index is 11.8. The van der Waals surface area contributed by atoms with Gasteiger partial charge in [0.2, 0.25) is 5.91 Å². The lowest BCUT2D eigenvalue weighted by Gasteiger charge is -2.22. The van der Waals surface area contributed by atoms with E-state index in [1.54, 1.807) is 29.9 Å². The van der Waals surface area contributed by atoms with E-state index in [0.717, 1.165) is 23.4 Å². The molecule has 0 aromatic carbocycles. The van der Waals surface area contributed by atoms with Gasteiger partial charge in [-0.3, -0.25) is 9.48 Å². The lowest BCUT2D eigenvalue weighted by atomic mass is 10.1. The van der Waals surface area contributed by atoms with Crippen LogP contribution in [-0.4, -0.2) is 65.1 Å². The molecule has 1 aliphatic rings. The molecule has 0 bridgehead atoms. The number of carbonyl (C=O) groups excluding carboxylic acids is 1. The van der Waals surface area contributed by atoms with Crippen molar-refractivity contribution >= 4 is 11.9 Å². The summed E-state index contributed by atoms with van der Waals surface area (Å²) in [6.07, 6.45) is -0.723. The molecule has 1 amide bonds. The smallest absolute Gasteiger partial charge is 0.475 e. The molecule has 1 atom stereocenters. The van der Waals surface area contributed by atoms with Gasteiger partial charge < -0.3 is 24.5 Å². The molecule has 2 N–H and O–H groups in total. The number of halogens is 3. The number of amides is 1. The van der Waals surface area contributed by atoms with Crippen LogP contribution in [0.4, 0.5) is 13.2 Å². The van der Waals surface area contributed by atoms with Crippen molar-refractivity contribution in [2.45, 2.75) is 31.8 Å². The Balaban J connectivity index is 0.000000396. The second kappa shape index (κ2) is 10.3. The number of carbonyl (C=O) groups is 2. The number of fused-ring (bicyclic) bond motifs is 1. The van der Waals surface area contributed by atoms with E-state index in [2.05, 4.69) is 10.4 Å². The van der Waals surface area contributed by atoms with Gasteiger partial charge in [-0.15, -0.1) is 0 Å². The van der Waals surface area contributed by atoms with Crippen molar-refractivity contribution in [3.05, 3.63) is 41.6 Å². The molecule has 3 heterocycles. The van der Waals surface area contributed by atoms with Gasteiger partial charge >= 0.3 is 12.1 Å². The number of aliphatic carboxylic acids is 1. The highest BCUT2D eigenvalue weighted by Gasteiger charge is 2.38. The maximum absolute atomic E-state index is 11.8. The number of likely N-dealkylation sites (N-methyl/N-ethyl adjacent to an activating group) is 1. The van der Waals surface area contributed by atoms with Gasteiger partial charge in [0.1, 0.15) is 18.4 Å². The molecule has 0 aliphatic carbocycles. The van der Waals surface area contributed by atoms with Crippen molar-refractivity contribution in [2.24, 2.45) is 0 Å². The topological polar surface area (TPSA) is 110 Å². The average Bonchev–Trinajstić information content (AvgIpc) is 3.31. The number of carboxylic acid groups (broad SMARTS) is 1. The Morgan fingerprint density at radius 1 is 1.40 bits per heavy atom. The summed E-state index contributed by atoms with van der Waals surface area (Å²) in [5.74, 6) is -1.84. The number of nitrogens with one attached hydrogen (secondary N) is 1. The van der Waals surface area contributed by atoms with Crippen LogP contribution in [0.5, 0.6) is 0 Å². The molecule has 0 saturated carbocycles. The zero-order chi connectivity index (χ0) is 22.3. The Bertz CT molecular complexity index is 833. The Morgan fingerprint density at radius 3 is 2.67 bits per heavy atom. The fraction of sp³-hybridized carbons (Fsp3) is 0.500. The number of carboxylic acids is 1. The summed E-state index contributed by atoms with van der Waals surface area (Å²) in [5.41, 5.74) is 2.09. The Labute approximate surface area is 170 Å². The van der Waals surface area contributed by atoms with Gasteiger partial charge in [-0.25, -0.2) is 4.79 Å². The summed E-state index contributed by atoms with van der Waals surface area (Å²) in [6, 6.07) is 3.80. The Hall–Kier alpha value is -2.86. The molecular formula is C18H23F3N4O5. The van der Waals surface area contributed by atoms with E-state index in [1.165, 1.54) is 0 Å². The zero-order valence-corrected chi connectivity index (χ0v) is 16.5. The number of alkyl halides is 3. The highest BCUT2D eigenvalue weighted by molar-refractivity contribution is 5.75. The van der Waals surface area contributed by atoms with E-state index in [9.17, 15) is 18.0 Å². The van der Waals surface area contributed by atoms with E-state index in [1.807, 2.05) is 18.3 Å². The molecule has 2 aromatic heterocycles. The van der Waals surface area contributed by atoms with Crippen molar-refractivity contribution in [1.82, 2.24) is 20.0 Å². The normalized spacial score (nSPS) is 15.7. The number of ether oxygens (including phenoxy) is 1. The van der Waals surface area contributed by atoms with Crippen LogP contribution < -0.4 is 5.32 Å². The van der Waals surface area contributed by atoms with Crippen molar-refractivity contribution < 1.29 is 37.0 Å². The number of furan rings is 1. The first kappa shape index (κ1) is 23.4. The van der Waals surface area contributed by atoms with E-state index < -0.39 is 12.1 Å². The van der Waals surface area contributed by atoms with Crippen molar-refractivity contribution in [1.29, 1.82) is 0 Å². The summed E-state index contributed by atoms with van der Waals surface area (Å²) < 4.78 is 44.6. The number of nitrogens with zero attached hydrogens (tertiary/aromatic N) is 3. The minimum Gasteiger partial charge on any atom is -0.475 e. The quantitative estimate of drug-likeness (QED) is 0.714. The molecule has 2 aromatic rings. The van der Waals surface area contributed by atoms with Gasteiger partial charge in [0.05, 0.1) is 25.1 Å². The minimum atomic E-state index is -5.08. The first-order valence-corrected chi connectivity index (χ1v) is 8.99. The summed E-state index contributed by atoms with van der Waals surface area (Å²) >= 11 is 0. The zero-order valence-electron chi connectivity index (χ0n) is 16.5. The van der Waals surface area contributed by atoms with Gasteiger partial charge in [-0.1, -0.05) is 0 Å². The molecule has 9 nitrogen and oxygen atoms in total.